The first kappa shape index (κ1) is 16.8. The minimum Gasteiger partial charge on any atom is -0.497 e. The van der Waals surface area contributed by atoms with Crippen LogP contribution in [0.1, 0.15) is 21.6 Å². The lowest BCUT2D eigenvalue weighted by atomic mass is 10.1. The van der Waals surface area contributed by atoms with E-state index in [1.54, 1.807) is 32.4 Å². The molecule has 0 atom stereocenters. The Kier molecular flexibility index (Phi) is 4.57. The SMILES string of the molecule is COc1ccc(NC(=O)c2cc3cc(C)ccc3nc2C)c(OC)c1. The molecule has 0 aliphatic rings. The van der Waals surface area contributed by atoms with Crippen LogP contribution in [0.5, 0.6) is 11.5 Å². The highest BCUT2D eigenvalue weighted by atomic mass is 16.5. The zero-order valence-electron chi connectivity index (χ0n) is 14.7. The smallest absolute Gasteiger partial charge is 0.257 e. The monoisotopic (exact) mass is 336 g/mol. The van der Waals surface area contributed by atoms with E-state index in [-0.39, 0.29) is 5.91 Å². The number of carbonyl (C=O) groups is 1. The first-order chi connectivity index (χ1) is 12.0. The Bertz CT molecular complexity index is 951. The summed E-state index contributed by atoms with van der Waals surface area (Å²) in [5.41, 5.74) is 3.80. The molecule has 5 nitrogen and oxygen atoms in total. The summed E-state index contributed by atoms with van der Waals surface area (Å²) in [7, 11) is 3.13. The number of methoxy groups -OCH3 is 2. The molecule has 0 radical (unpaired) electrons. The summed E-state index contributed by atoms with van der Waals surface area (Å²) in [5.74, 6) is 0.973. The number of hydrogen-bond donors (Lipinski definition) is 1. The van der Waals surface area contributed by atoms with E-state index in [2.05, 4.69) is 10.3 Å². The number of fused-ring (bicyclic) bond motifs is 1. The van der Waals surface area contributed by atoms with Crippen LogP contribution < -0.4 is 14.8 Å². The molecule has 0 unspecified atom stereocenters. The van der Waals surface area contributed by atoms with Gasteiger partial charge in [0.05, 0.1) is 36.7 Å². The van der Waals surface area contributed by atoms with Crippen molar-refractivity contribution in [3.8, 4) is 11.5 Å². The maximum Gasteiger partial charge on any atom is 0.257 e. The Morgan fingerprint density at radius 2 is 1.80 bits per heavy atom. The Hall–Kier alpha value is -3.08. The molecule has 3 aromatic rings. The standard InChI is InChI=1S/C20H20N2O3/c1-12-5-7-17-14(9-12)10-16(13(2)21-17)20(23)22-18-8-6-15(24-3)11-19(18)25-4/h5-11H,1-4H3,(H,22,23). The Morgan fingerprint density at radius 3 is 2.52 bits per heavy atom. The van der Waals surface area contributed by atoms with Crippen molar-refractivity contribution in [2.75, 3.05) is 19.5 Å². The second-order valence-corrected chi connectivity index (χ2v) is 5.84. The number of nitrogens with zero attached hydrogens (tertiary/aromatic N) is 1. The fourth-order valence-electron chi connectivity index (χ4n) is 2.71. The average Bonchev–Trinajstić information content (AvgIpc) is 2.61. The molecule has 0 aliphatic carbocycles. The number of anilines is 1. The van der Waals surface area contributed by atoms with E-state index in [0.717, 1.165) is 16.5 Å². The van der Waals surface area contributed by atoms with Gasteiger partial charge in [0.15, 0.2) is 0 Å². The number of benzene rings is 2. The van der Waals surface area contributed by atoms with Gasteiger partial charge in [-0.15, -0.1) is 0 Å². The van der Waals surface area contributed by atoms with Gasteiger partial charge in [0.25, 0.3) is 5.91 Å². The van der Waals surface area contributed by atoms with Crippen LogP contribution in [0.25, 0.3) is 10.9 Å². The van der Waals surface area contributed by atoms with Gasteiger partial charge in [-0.2, -0.15) is 0 Å². The molecule has 25 heavy (non-hydrogen) atoms. The van der Waals surface area contributed by atoms with Gasteiger partial charge in [0.1, 0.15) is 11.5 Å². The molecule has 3 rings (SSSR count). The topological polar surface area (TPSA) is 60.5 Å². The highest BCUT2D eigenvalue weighted by Gasteiger charge is 2.14. The normalized spacial score (nSPS) is 10.6. The predicted molar refractivity (Wildman–Crippen MR) is 98.7 cm³/mol. The molecule has 1 N–H and O–H groups in total. The number of rotatable bonds is 4. The van der Waals surface area contributed by atoms with E-state index in [4.69, 9.17) is 9.47 Å². The van der Waals surface area contributed by atoms with Gasteiger partial charge < -0.3 is 14.8 Å². The molecule has 0 bridgehead atoms. The van der Waals surface area contributed by atoms with Crippen LogP contribution in [0.15, 0.2) is 42.5 Å². The van der Waals surface area contributed by atoms with Gasteiger partial charge in [-0.25, -0.2) is 0 Å². The molecule has 1 amide bonds. The Labute approximate surface area is 146 Å². The maximum absolute atomic E-state index is 12.7. The third kappa shape index (κ3) is 3.40. The summed E-state index contributed by atoms with van der Waals surface area (Å²) in [4.78, 5) is 17.3. The summed E-state index contributed by atoms with van der Waals surface area (Å²) >= 11 is 0. The second kappa shape index (κ2) is 6.81. The van der Waals surface area contributed by atoms with Gasteiger partial charge in [0, 0.05) is 11.5 Å². The fraction of sp³-hybridized carbons (Fsp3) is 0.200. The van der Waals surface area contributed by atoms with Gasteiger partial charge in [0.2, 0.25) is 0 Å². The number of pyridine rings is 1. The molecular formula is C20H20N2O3. The molecule has 128 valence electrons. The summed E-state index contributed by atoms with van der Waals surface area (Å²) in [5, 5.41) is 3.83. The molecule has 0 spiro atoms. The van der Waals surface area contributed by atoms with Crippen LogP contribution >= 0.6 is 0 Å². The van der Waals surface area contributed by atoms with Crippen molar-refractivity contribution >= 4 is 22.5 Å². The zero-order chi connectivity index (χ0) is 18.0. The van der Waals surface area contributed by atoms with Gasteiger partial charge >= 0.3 is 0 Å². The number of ether oxygens (including phenoxy) is 2. The van der Waals surface area contributed by atoms with Crippen molar-refractivity contribution < 1.29 is 14.3 Å². The lowest BCUT2D eigenvalue weighted by Crippen LogP contribution is -2.15. The van der Waals surface area contributed by atoms with Crippen LogP contribution in [-0.2, 0) is 0 Å². The van der Waals surface area contributed by atoms with Gasteiger partial charge in [-0.1, -0.05) is 11.6 Å². The molecule has 0 saturated heterocycles. The Balaban J connectivity index is 1.96. The van der Waals surface area contributed by atoms with Crippen molar-refractivity contribution in [2.45, 2.75) is 13.8 Å². The predicted octanol–water partition coefficient (Wildman–Crippen LogP) is 4.12. The van der Waals surface area contributed by atoms with E-state index in [9.17, 15) is 4.79 Å². The van der Waals surface area contributed by atoms with E-state index >= 15 is 0 Å². The second-order valence-electron chi connectivity index (χ2n) is 5.84. The largest absolute Gasteiger partial charge is 0.497 e. The van der Waals surface area contributed by atoms with Crippen LogP contribution in [0.4, 0.5) is 5.69 Å². The van der Waals surface area contributed by atoms with E-state index < -0.39 is 0 Å². The first-order valence-electron chi connectivity index (χ1n) is 7.93. The van der Waals surface area contributed by atoms with Crippen LogP contribution in [-0.4, -0.2) is 25.1 Å². The fourth-order valence-corrected chi connectivity index (χ4v) is 2.71. The third-order valence-corrected chi connectivity index (χ3v) is 4.06. The number of nitrogens with one attached hydrogen (secondary N) is 1. The van der Waals surface area contributed by atoms with Crippen LogP contribution in [0.2, 0.25) is 0 Å². The van der Waals surface area contributed by atoms with Crippen molar-refractivity contribution in [1.29, 1.82) is 0 Å². The Morgan fingerprint density at radius 1 is 1.00 bits per heavy atom. The molecule has 1 heterocycles. The molecular weight excluding hydrogens is 316 g/mol. The average molecular weight is 336 g/mol. The summed E-state index contributed by atoms with van der Waals surface area (Å²) in [6, 6.07) is 13.1. The lowest BCUT2D eigenvalue weighted by Gasteiger charge is -2.13. The third-order valence-electron chi connectivity index (χ3n) is 4.06. The maximum atomic E-state index is 12.7. The highest BCUT2D eigenvalue weighted by Crippen LogP contribution is 2.29. The number of aryl methyl sites for hydroxylation is 2. The number of aromatic nitrogens is 1. The van der Waals surface area contributed by atoms with Gasteiger partial charge in [-0.05, 0) is 44.2 Å². The molecule has 2 aromatic carbocycles. The molecule has 1 aromatic heterocycles. The number of amides is 1. The van der Waals surface area contributed by atoms with Crippen molar-refractivity contribution in [3.63, 3.8) is 0 Å². The number of carbonyl (C=O) groups excluding carboxylic acids is 1. The number of hydrogen-bond acceptors (Lipinski definition) is 4. The molecule has 0 aliphatic heterocycles. The molecule has 0 saturated carbocycles. The quantitative estimate of drug-likeness (QED) is 0.778. The van der Waals surface area contributed by atoms with Crippen LogP contribution in [0, 0.1) is 13.8 Å². The molecule has 0 fully saturated rings. The minimum absolute atomic E-state index is 0.225. The highest BCUT2D eigenvalue weighted by molar-refractivity contribution is 6.07. The van der Waals surface area contributed by atoms with Crippen LogP contribution in [0.3, 0.4) is 0 Å². The molecule has 5 heteroatoms. The van der Waals surface area contributed by atoms with Crippen molar-refractivity contribution in [3.05, 3.63) is 59.3 Å². The zero-order valence-corrected chi connectivity index (χ0v) is 14.7. The van der Waals surface area contributed by atoms with Crippen molar-refractivity contribution in [1.82, 2.24) is 4.98 Å². The summed E-state index contributed by atoms with van der Waals surface area (Å²) < 4.78 is 10.5. The minimum atomic E-state index is -0.225. The van der Waals surface area contributed by atoms with Crippen molar-refractivity contribution in [2.24, 2.45) is 0 Å². The first-order valence-corrected chi connectivity index (χ1v) is 7.93. The lowest BCUT2D eigenvalue weighted by molar-refractivity contribution is 0.102. The van der Waals surface area contributed by atoms with E-state index in [0.29, 0.717) is 28.4 Å². The van der Waals surface area contributed by atoms with E-state index in [1.807, 2.05) is 38.1 Å². The van der Waals surface area contributed by atoms with E-state index in [1.165, 1.54) is 0 Å². The van der Waals surface area contributed by atoms with Gasteiger partial charge in [-0.3, -0.25) is 9.78 Å². The summed E-state index contributed by atoms with van der Waals surface area (Å²) in [6.07, 6.45) is 0. The summed E-state index contributed by atoms with van der Waals surface area (Å²) in [6.45, 7) is 3.85.